The molecule has 0 spiro atoms. The average Bonchev–Trinajstić information content (AvgIpc) is 2.21. The second-order valence-electron chi connectivity index (χ2n) is 3.45. The van der Waals surface area contributed by atoms with Gasteiger partial charge in [-0.15, -0.1) is 0 Å². The highest BCUT2D eigenvalue weighted by molar-refractivity contribution is 9.10. The summed E-state index contributed by atoms with van der Waals surface area (Å²) in [5, 5.41) is 2.70. The molecule has 0 fully saturated rings. The van der Waals surface area contributed by atoms with Gasteiger partial charge in [0.15, 0.2) is 0 Å². The molecule has 0 aliphatic carbocycles. The molecule has 0 aliphatic rings. The normalized spacial score (nSPS) is 12.2. The minimum absolute atomic E-state index is 0.118. The summed E-state index contributed by atoms with van der Waals surface area (Å²) in [6.07, 6.45) is 0. The first-order valence-electron chi connectivity index (χ1n) is 4.79. The summed E-state index contributed by atoms with van der Waals surface area (Å²) >= 11 is 3.20. The monoisotopic (exact) mass is 289 g/mol. The number of methoxy groups -OCH3 is 1. The molecule has 0 radical (unpaired) electrons. The van der Waals surface area contributed by atoms with E-state index in [2.05, 4.69) is 21.2 Å². The third-order valence-corrected chi connectivity index (χ3v) is 2.66. The number of ether oxygens (including phenoxy) is 1. The highest BCUT2D eigenvalue weighted by atomic mass is 79.9. The molecule has 1 amide bonds. The fourth-order valence-corrected chi connectivity index (χ4v) is 1.69. The molecule has 0 saturated carbocycles. The van der Waals surface area contributed by atoms with E-state index >= 15 is 0 Å². The van der Waals surface area contributed by atoms with Crippen molar-refractivity contribution >= 4 is 21.8 Å². The molecule has 1 atom stereocenters. The largest absolute Gasteiger partial charge is 0.383 e. The lowest BCUT2D eigenvalue weighted by Gasteiger charge is -2.13. The molecule has 1 rings (SSSR count). The van der Waals surface area contributed by atoms with E-state index in [0.29, 0.717) is 11.1 Å². The van der Waals surface area contributed by atoms with Crippen LogP contribution in [-0.2, 0) is 4.74 Å². The van der Waals surface area contributed by atoms with Crippen LogP contribution in [0.5, 0.6) is 0 Å². The second kappa shape index (κ2) is 5.96. The lowest BCUT2D eigenvalue weighted by Crippen LogP contribution is -2.35. The number of carbonyl (C=O) groups is 1. The summed E-state index contributed by atoms with van der Waals surface area (Å²) in [6.45, 7) is 2.23. The lowest BCUT2D eigenvalue weighted by molar-refractivity contribution is 0.0904. The van der Waals surface area contributed by atoms with Gasteiger partial charge in [0.2, 0.25) is 0 Å². The number of rotatable bonds is 4. The van der Waals surface area contributed by atoms with Gasteiger partial charge in [0.25, 0.3) is 5.91 Å². The van der Waals surface area contributed by atoms with E-state index in [1.807, 2.05) is 6.92 Å². The first kappa shape index (κ1) is 13.1. The van der Waals surface area contributed by atoms with Crippen LogP contribution in [0.4, 0.5) is 4.39 Å². The van der Waals surface area contributed by atoms with Crippen molar-refractivity contribution in [2.24, 2.45) is 0 Å². The minimum Gasteiger partial charge on any atom is -0.383 e. The number of benzene rings is 1. The zero-order chi connectivity index (χ0) is 12.1. The van der Waals surface area contributed by atoms with Crippen molar-refractivity contribution in [3.05, 3.63) is 34.1 Å². The molecule has 0 saturated heterocycles. The number of hydrogen-bond donors (Lipinski definition) is 1. The standard InChI is InChI=1S/C11H13BrFNO2/c1-7(6-16-2)14-11(15)9-5-8(13)3-4-10(9)12/h3-5,7H,6H2,1-2H3,(H,14,15)/t7-/m1/s1. The van der Waals surface area contributed by atoms with Gasteiger partial charge in [-0.25, -0.2) is 4.39 Å². The van der Waals surface area contributed by atoms with E-state index < -0.39 is 5.82 Å². The fraction of sp³-hybridized carbons (Fsp3) is 0.364. The molecule has 88 valence electrons. The summed E-state index contributed by atoms with van der Waals surface area (Å²) in [4.78, 5) is 11.7. The van der Waals surface area contributed by atoms with E-state index in [9.17, 15) is 9.18 Å². The topological polar surface area (TPSA) is 38.3 Å². The Kier molecular flexibility index (Phi) is 4.89. The van der Waals surface area contributed by atoms with Crippen LogP contribution in [0.2, 0.25) is 0 Å². The number of amides is 1. The molecular formula is C11H13BrFNO2. The maximum absolute atomic E-state index is 13.0. The summed E-state index contributed by atoms with van der Waals surface area (Å²) < 4.78 is 18.4. The third kappa shape index (κ3) is 3.57. The molecule has 0 aliphatic heterocycles. The Morgan fingerprint density at radius 1 is 1.62 bits per heavy atom. The van der Waals surface area contributed by atoms with Gasteiger partial charge in [-0.1, -0.05) is 0 Å². The fourth-order valence-electron chi connectivity index (χ4n) is 1.26. The Morgan fingerprint density at radius 2 is 2.31 bits per heavy atom. The van der Waals surface area contributed by atoms with Crippen molar-refractivity contribution in [1.29, 1.82) is 0 Å². The van der Waals surface area contributed by atoms with E-state index in [0.717, 1.165) is 0 Å². The van der Waals surface area contributed by atoms with Crippen molar-refractivity contribution < 1.29 is 13.9 Å². The molecule has 16 heavy (non-hydrogen) atoms. The van der Waals surface area contributed by atoms with Crippen molar-refractivity contribution in [1.82, 2.24) is 5.32 Å². The number of nitrogens with one attached hydrogen (secondary N) is 1. The van der Waals surface area contributed by atoms with Crippen molar-refractivity contribution in [3.63, 3.8) is 0 Å². The summed E-state index contributed by atoms with van der Waals surface area (Å²) in [5.41, 5.74) is 0.281. The van der Waals surface area contributed by atoms with Crippen LogP contribution >= 0.6 is 15.9 Å². The Balaban J connectivity index is 2.76. The van der Waals surface area contributed by atoms with Gasteiger partial charge in [-0.05, 0) is 41.1 Å². The summed E-state index contributed by atoms with van der Waals surface area (Å²) in [7, 11) is 1.56. The molecule has 1 aromatic rings. The van der Waals surface area contributed by atoms with Gasteiger partial charge in [0.1, 0.15) is 5.82 Å². The van der Waals surface area contributed by atoms with Gasteiger partial charge in [0.05, 0.1) is 12.2 Å². The van der Waals surface area contributed by atoms with E-state index in [1.165, 1.54) is 18.2 Å². The smallest absolute Gasteiger partial charge is 0.252 e. The van der Waals surface area contributed by atoms with Crippen molar-refractivity contribution in [2.45, 2.75) is 13.0 Å². The Labute approximate surface area is 102 Å². The molecule has 0 bridgehead atoms. The number of carbonyl (C=O) groups excluding carboxylic acids is 1. The average molecular weight is 290 g/mol. The molecule has 1 aromatic carbocycles. The van der Waals surface area contributed by atoms with Crippen LogP contribution in [0, 0.1) is 5.82 Å². The van der Waals surface area contributed by atoms with Crippen LogP contribution < -0.4 is 5.32 Å². The summed E-state index contributed by atoms with van der Waals surface area (Å²) in [6, 6.07) is 3.87. The molecule has 1 N–H and O–H groups in total. The van der Waals surface area contributed by atoms with Gasteiger partial charge in [0, 0.05) is 17.6 Å². The van der Waals surface area contributed by atoms with Crippen LogP contribution in [0.3, 0.4) is 0 Å². The Morgan fingerprint density at radius 3 is 2.94 bits per heavy atom. The molecule has 0 unspecified atom stereocenters. The first-order chi connectivity index (χ1) is 7.54. The zero-order valence-electron chi connectivity index (χ0n) is 9.09. The zero-order valence-corrected chi connectivity index (χ0v) is 10.7. The van der Waals surface area contributed by atoms with Crippen molar-refractivity contribution in [2.75, 3.05) is 13.7 Å². The summed E-state index contributed by atoms with van der Waals surface area (Å²) in [5.74, 6) is -0.760. The molecule has 0 heterocycles. The highest BCUT2D eigenvalue weighted by Crippen LogP contribution is 2.17. The highest BCUT2D eigenvalue weighted by Gasteiger charge is 2.13. The van der Waals surface area contributed by atoms with Gasteiger partial charge in [-0.3, -0.25) is 4.79 Å². The van der Waals surface area contributed by atoms with E-state index in [1.54, 1.807) is 7.11 Å². The van der Waals surface area contributed by atoms with Crippen LogP contribution in [0.1, 0.15) is 17.3 Å². The lowest BCUT2D eigenvalue weighted by atomic mass is 10.2. The molecule has 3 nitrogen and oxygen atoms in total. The third-order valence-electron chi connectivity index (χ3n) is 1.97. The predicted octanol–water partition coefficient (Wildman–Crippen LogP) is 2.35. The minimum atomic E-state index is -0.437. The SMILES string of the molecule is COC[C@@H](C)NC(=O)c1cc(F)ccc1Br. The Bertz CT molecular complexity index is 384. The first-order valence-corrected chi connectivity index (χ1v) is 5.58. The number of hydrogen-bond acceptors (Lipinski definition) is 2. The van der Waals surface area contributed by atoms with Crippen LogP contribution in [0.15, 0.2) is 22.7 Å². The van der Waals surface area contributed by atoms with Gasteiger partial charge >= 0.3 is 0 Å². The van der Waals surface area contributed by atoms with E-state index in [4.69, 9.17) is 4.74 Å². The Hall–Kier alpha value is -0.940. The molecule has 0 aromatic heterocycles. The number of halogens is 2. The second-order valence-corrected chi connectivity index (χ2v) is 4.31. The molecular weight excluding hydrogens is 277 g/mol. The maximum atomic E-state index is 13.0. The quantitative estimate of drug-likeness (QED) is 0.924. The van der Waals surface area contributed by atoms with Crippen LogP contribution in [-0.4, -0.2) is 25.7 Å². The van der Waals surface area contributed by atoms with Crippen molar-refractivity contribution in [3.8, 4) is 0 Å². The maximum Gasteiger partial charge on any atom is 0.252 e. The van der Waals surface area contributed by atoms with Crippen LogP contribution in [0.25, 0.3) is 0 Å². The molecule has 5 heteroatoms. The van der Waals surface area contributed by atoms with Gasteiger partial charge < -0.3 is 10.1 Å². The van der Waals surface area contributed by atoms with E-state index in [-0.39, 0.29) is 17.5 Å². The predicted molar refractivity (Wildman–Crippen MR) is 62.9 cm³/mol. The van der Waals surface area contributed by atoms with Gasteiger partial charge in [-0.2, -0.15) is 0 Å².